The number of hydrazine groups is 1. The molecule has 0 aromatic heterocycles. The first-order chi connectivity index (χ1) is 11.1. The van der Waals surface area contributed by atoms with Crippen molar-refractivity contribution in [1.29, 1.82) is 0 Å². The molecule has 0 unspecified atom stereocenters. The molecule has 120 valence electrons. The Kier molecular flexibility index (Phi) is 4.24. The fraction of sp³-hybridized carbons (Fsp3) is 0.316. The average molecular weight is 309 g/mol. The molecule has 2 aromatic carbocycles. The van der Waals surface area contributed by atoms with E-state index in [1.807, 2.05) is 35.3 Å². The maximum Gasteiger partial charge on any atom is 0.239 e. The van der Waals surface area contributed by atoms with E-state index in [1.54, 1.807) is 6.92 Å². The van der Waals surface area contributed by atoms with Crippen molar-refractivity contribution in [2.24, 2.45) is 0 Å². The molecular weight excluding hydrogens is 286 g/mol. The lowest BCUT2D eigenvalue weighted by Gasteiger charge is -2.35. The SMILES string of the molecule is CC(=O)N1[C@@H](Nc2ccc(C)cc2)C[C@@H](C)N1c1ccccc1. The minimum atomic E-state index is -0.0367. The number of amides is 1. The minimum absolute atomic E-state index is 0.0367. The van der Waals surface area contributed by atoms with Crippen molar-refractivity contribution >= 4 is 17.3 Å². The van der Waals surface area contributed by atoms with Gasteiger partial charge in [-0.2, -0.15) is 0 Å². The molecule has 1 heterocycles. The molecular formula is C19H23N3O. The second-order valence-corrected chi connectivity index (χ2v) is 6.15. The quantitative estimate of drug-likeness (QED) is 0.937. The Hall–Kier alpha value is -2.49. The highest BCUT2D eigenvalue weighted by atomic mass is 16.2. The molecule has 0 aliphatic carbocycles. The van der Waals surface area contributed by atoms with Gasteiger partial charge in [-0.05, 0) is 38.1 Å². The number of para-hydroxylation sites is 1. The Morgan fingerprint density at radius 3 is 2.35 bits per heavy atom. The molecule has 0 spiro atoms. The second-order valence-electron chi connectivity index (χ2n) is 6.15. The summed E-state index contributed by atoms with van der Waals surface area (Å²) in [6.45, 7) is 5.85. The Balaban J connectivity index is 1.86. The van der Waals surface area contributed by atoms with E-state index in [1.165, 1.54) is 5.56 Å². The first-order valence-corrected chi connectivity index (χ1v) is 8.03. The third kappa shape index (κ3) is 3.16. The van der Waals surface area contributed by atoms with Crippen LogP contribution in [0.1, 0.15) is 25.8 Å². The topological polar surface area (TPSA) is 35.6 Å². The highest BCUT2D eigenvalue weighted by molar-refractivity contribution is 5.77. The highest BCUT2D eigenvalue weighted by Gasteiger charge is 2.38. The highest BCUT2D eigenvalue weighted by Crippen LogP contribution is 2.31. The Morgan fingerprint density at radius 2 is 1.74 bits per heavy atom. The number of rotatable bonds is 3. The largest absolute Gasteiger partial charge is 0.364 e. The van der Waals surface area contributed by atoms with E-state index in [-0.39, 0.29) is 18.1 Å². The lowest BCUT2D eigenvalue weighted by atomic mass is 10.2. The molecule has 4 heteroatoms. The Labute approximate surface area is 137 Å². The van der Waals surface area contributed by atoms with Crippen molar-refractivity contribution < 1.29 is 4.79 Å². The van der Waals surface area contributed by atoms with Gasteiger partial charge in [0.25, 0.3) is 0 Å². The Bertz CT molecular complexity index is 669. The second kappa shape index (κ2) is 6.32. The summed E-state index contributed by atoms with van der Waals surface area (Å²) in [5.41, 5.74) is 3.31. The maximum atomic E-state index is 12.3. The zero-order valence-electron chi connectivity index (χ0n) is 13.9. The van der Waals surface area contributed by atoms with E-state index in [0.29, 0.717) is 0 Å². The number of benzene rings is 2. The van der Waals surface area contributed by atoms with Gasteiger partial charge in [-0.25, -0.2) is 5.01 Å². The molecule has 1 amide bonds. The van der Waals surface area contributed by atoms with Gasteiger partial charge in [0.2, 0.25) is 5.91 Å². The van der Waals surface area contributed by atoms with Gasteiger partial charge in [0, 0.05) is 19.0 Å². The van der Waals surface area contributed by atoms with Crippen LogP contribution in [0.2, 0.25) is 0 Å². The summed E-state index contributed by atoms with van der Waals surface area (Å²) in [7, 11) is 0. The van der Waals surface area contributed by atoms with Gasteiger partial charge in [0.15, 0.2) is 0 Å². The van der Waals surface area contributed by atoms with Crippen LogP contribution >= 0.6 is 0 Å². The van der Waals surface area contributed by atoms with Crippen molar-refractivity contribution in [3.63, 3.8) is 0 Å². The van der Waals surface area contributed by atoms with Crippen LogP contribution in [-0.2, 0) is 4.79 Å². The van der Waals surface area contributed by atoms with Gasteiger partial charge in [-0.1, -0.05) is 35.9 Å². The molecule has 1 saturated heterocycles. The zero-order chi connectivity index (χ0) is 16.4. The molecule has 1 aliphatic rings. The third-order valence-corrected chi connectivity index (χ3v) is 4.24. The first kappa shape index (κ1) is 15.4. The van der Waals surface area contributed by atoms with E-state index >= 15 is 0 Å². The van der Waals surface area contributed by atoms with Crippen molar-refractivity contribution in [2.45, 2.75) is 39.4 Å². The summed E-state index contributed by atoms with van der Waals surface area (Å²) in [4.78, 5) is 12.3. The lowest BCUT2D eigenvalue weighted by Crippen LogP contribution is -2.48. The number of carbonyl (C=O) groups is 1. The summed E-state index contributed by atoms with van der Waals surface area (Å²) in [5, 5.41) is 7.42. The number of hydrogen-bond donors (Lipinski definition) is 1. The molecule has 23 heavy (non-hydrogen) atoms. The van der Waals surface area contributed by atoms with Crippen LogP contribution in [0.25, 0.3) is 0 Å². The van der Waals surface area contributed by atoms with Crippen molar-refractivity contribution in [3.05, 3.63) is 60.2 Å². The molecule has 0 radical (unpaired) electrons. The van der Waals surface area contributed by atoms with E-state index in [9.17, 15) is 4.79 Å². The van der Waals surface area contributed by atoms with Crippen LogP contribution in [-0.4, -0.2) is 23.1 Å². The van der Waals surface area contributed by atoms with E-state index in [0.717, 1.165) is 17.8 Å². The van der Waals surface area contributed by atoms with E-state index < -0.39 is 0 Å². The van der Waals surface area contributed by atoms with E-state index in [4.69, 9.17) is 0 Å². The van der Waals surface area contributed by atoms with E-state index in [2.05, 4.69) is 48.4 Å². The molecule has 4 nitrogen and oxygen atoms in total. The molecule has 2 atom stereocenters. The average Bonchev–Trinajstić information content (AvgIpc) is 2.87. The van der Waals surface area contributed by atoms with Crippen LogP contribution in [0.15, 0.2) is 54.6 Å². The standard InChI is InChI=1S/C19H23N3O/c1-14-9-11-17(12-10-14)20-19-13-15(2)21(22(19)16(3)23)18-7-5-4-6-8-18/h4-12,15,19-20H,13H2,1-3H3/t15-,19-/m1/s1. The van der Waals surface area contributed by atoms with Crippen LogP contribution in [0, 0.1) is 6.92 Å². The number of anilines is 2. The fourth-order valence-corrected chi connectivity index (χ4v) is 3.18. The normalized spacial score (nSPS) is 20.7. The van der Waals surface area contributed by atoms with Gasteiger partial charge in [-0.15, -0.1) is 0 Å². The van der Waals surface area contributed by atoms with Gasteiger partial charge in [0.05, 0.1) is 11.7 Å². The molecule has 2 aromatic rings. The van der Waals surface area contributed by atoms with Crippen molar-refractivity contribution in [1.82, 2.24) is 5.01 Å². The van der Waals surface area contributed by atoms with Crippen molar-refractivity contribution in [2.75, 3.05) is 10.3 Å². The molecule has 1 aliphatic heterocycles. The predicted octanol–water partition coefficient (Wildman–Crippen LogP) is 3.80. The van der Waals surface area contributed by atoms with Crippen LogP contribution < -0.4 is 10.3 Å². The Morgan fingerprint density at radius 1 is 1.09 bits per heavy atom. The monoisotopic (exact) mass is 309 g/mol. The molecule has 0 bridgehead atoms. The zero-order valence-corrected chi connectivity index (χ0v) is 13.9. The summed E-state index contributed by atoms with van der Waals surface area (Å²) in [6, 6.07) is 18.6. The third-order valence-electron chi connectivity index (χ3n) is 4.24. The van der Waals surface area contributed by atoms with Gasteiger partial charge < -0.3 is 5.32 Å². The minimum Gasteiger partial charge on any atom is -0.364 e. The smallest absolute Gasteiger partial charge is 0.239 e. The summed E-state index contributed by atoms with van der Waals surface area (Å²) < 4.78 is 0. The summed E-state index contributed by atoms with van der Waals surface area (Å²) >= 11 is 0. The lowest BCUT2D eigenvalue weighted by molar-refractivity contribution is -0.129. The summed E-state index contributed by atoms with van der Waals surface area (Å²) in [5.74, 6) is 0.0443. The number of nitrogens with zero attached hydrogens (tertiary/aromatic N) is 2. The van der Waals surface area contributed by atoms with Crippen LogP contribution in [0.3, 0.4) is 0 Å². The van der Waals surface area contributed by atoms with Crippen LogP contribution in [0.4, 0.5) is 11.4 Å². The number of nitrogens with one attached hydrogen (secondary N) is 1. The fourth-order valence-electron chi connectivity index (χ4n) is 3.18. The van der Waals surface area contributed by atoms with Gasteiger partial charge in [0.1, 0.15) is 6.17 Å². The molecule has 3 rings (SSSR count). The molecule has 1 N–H and O–H groups in total. The number of aryl methyl sites for hydroxylation is 1. The predicted molar refractivity (Wildman–Crippen MR) is 94.1 cm³/mol. The van der Waals surface area contributed by atoms with Crippen LogP contribution in [0.5, 0.6) is 0 Å². The van der Waals surface area contributed by atoms with Gasteiger partial charge >= 0.3 is 0 Å². The summed E-state index contributed by atoms with van der Waals surface area (Å²) in [6.07, 6.45) is 0.841. The first-order valence-electron chi connectivity index (χ1n) is 8.03. The molecule has 0 saturated carbocycles. The van der Waals surface area contributed by atoms with Crippen molar-refractivity contribution in [3.8, 4) is 0 Å². The maximum absolute atomic E-state index is 12.3. The van der Waals surface area contributed by atoms with Gasteiger partial charge in [-0.3, -0.25) is 9.80 Å². The number of carbonyl (C=O) groups excluding carboxylic acids is 1. The molecule has 1 fully saturated rings. The number of hydrogen-bond acceptors (Lipinski definition) is 3.